The van der Waals surface area contributed by atoms with Gasteiger partial charge in [-0.15, -0.1) is 0 Å². The molecule has 0 bridgehead atoms. The summed E-state index contributed by atoms with van der Waals surface area (Å²) in [5, 5.41) is 0.582. The average molecular weight is 580 g/mol. The predicted octanol–water partition coefficient (Wildman–Crippen LogP) is 6.19. The lowest BCUT2D eigenvalue weighted by Gasteiger charge is -2.12. The fourth-order valence-corrected chi connectivity index (χ4v) is 5.38. The number of ether oxygens (including phenoxy) is 2. The first-order valence-electron chi connectivity index (χ1n) is 9.59. The normalized spacial score (nSPS) is 16.0. The Hall–Kier alpha value is -2.36. The van der Waals surface area contributed by atoms with E-state index in [0.717, 1.165) is 14.5 Å². The van der Waals surface area contributed by atoms with Crippen molar-refractivity contribution in [3.8, 4) is 5.75 Å². The van der Waals surface area contributed by atoms with Crippen molar-refractivity contribution in [1.29, 1.82) is 0 Å². The number of thioether (sulfide) groups is 1. The number of carbonyl (C=O) groups is 2. The molecule has 0 atom stereocenters. The second kappa shape index (κ2) is 11.0. The van der Waals surface area contributed by atoms with E-state index < -0.39 is 5.97 Å². The number of rotatable bonds is 7. The number of aliphatic imine (C=N–C) groups is 1. The van der Waals surface area contributed by atoms with E-state index in [1.165, 1.54) is 18.9 Å². The topological polar surface area (TPSA) is 68.2 Å². The SMILES string of the molecule is C=CCOc1c(Br)cc(/C=C2/SC(=Nc3ccc(C(=O)OC)cc3)N(CC)C2=O)cc1Br. The van der Waals surface area contributed by atoms with Gasteiger partial charge in [0.1, 0.15) is 12.4 Å². The van der Waals surface area contributed by atoms with Crippen LogP contribution in [-0.4, -0.2) is 42.2 Å². The average Bonchev–Trinajstić information content (AvgIpc) is 3.06. The number of amides is 1. The van der Waals surface area contributed by atoms with Crippen LogP contribution in [-0.2, 0) is 9.53 Å². The summed E-state index contributed by atoms with van der Waals surface area (Å²) >= 11 is 8.34. The zero-order valence-electron chi connectivity index (χ0n) is 17.4. The van der Waals surface area contributed by atoms with Gasteiger partial charge >= 0.3 is 5.97 Å². The van der Waals surface area contributed by atoms with E-state index in [9.17, 15) is 9.59 Å². The first kappa shape index (κ1) is 24.3. The van der Waals surface area contributed by atoms with E-state index in [0.29, 0.717) is 40.2 Å². The van der Waals surface area contributed by atoms with E-state index >= 15 is 0 Å². The molecule has 0 N–H and O–H groups in total. The molecule has 32 heavy (non-hydrogen) atoms. The van der Waals surface area contributed by atoms with Crippen molar-refractivity contribution in [1.82, 2.24) is 4.90 Å². The fourth-order valence-electron chi connectivity index (χ4n) is 2.86. The Bertz CT molecular complexity index is 1090. The molecule has 0 aromatic heterocycles. The van der Waals surface area contributed by atoms with Crippen LogP contribution in [0.25, 0.3) is 6.08 Å². The van der Waals surface area contributed by atoms with Crippen molar-refractivity contribution in [2.75, 3.05) is 20.3 Å². The van der Waals surface area contributed by atoms with Gasteiger partial charge in [-0.05, 0) is 98.6 Å². The lowest BCUT2D eigenvalue weighted by Crippen LogP contribution is -2.28. The minimum atomic E-state index is -0.409. The Morgan fingerprint density at radius 2 is 1.88 bits per heavy atom. The zero-order chi connectivity index (χ0) is 23.3. The van der Waals surface area contributed by atoms with Gasteiger partial charge in [0.05, 0.1) is 32.2 Å². The number of amidine groups is 1. The molecule has 0 spiro atoms. The highest BCUT2D eigenvalue weighted by Crippen LogP contribution is 2.38. The standard InChI is InChI=1S/C23H20Br2N2O4S/c1-4-10-31-20-17(24)11-14(12-18(20)25)13-19-21(28)27(5-2)23(32-19)26-16-8-6-15(7-9-16)22(29)30-3/h4,6-9,11-13H,1,5,10H2,2-3H3/b19-13+,26-23?. The minimum absolute atomic E-state index is 0.110. The van der Waals surface area contributed by atoms with E-state index in [4.69, 9.17) is 9.47 Å². The van der Waals surface area contributed by atoms with E-state index in [1.807, 2.05) is 25.1 Å². The Labute approximate surface area is 207 Å². The van der Waals surface area contributed by atoms with E-state index in [1.54, 1.807) is 35.2 Å². The summed E-state index contributed by atoms with van der Waals surface area (Å²) in [6, 6.07) is 10.5. The molecule has 2 aromatic rings. The maximum Gasteiger partial charge on any atom is 0.337 e. The van der Waals surface area contributed by atoms with Gasteiger partial charge in [0, 0.05) is 6.54 Å². The number of methoxy groups -OCH3 is 1. The predicted molar refractivity (Wildman–Crippen MR) is 135 cm³/mol. The number of halogens is 2. The van der Waals surface area contributed by atoms with Crippen LogP contribution >= 0.6 is 43.6 Å². The highest BCUT2D eigenvalue weighted by Gasteiger charge is 2.32. The number of esters is 1. The molecule has 1 aliphatic rings. The molecule has 2 aromatic carbocycles. The smallest absolute Gasteiger partial charge is 0.337 e. The van der Waals surface area contributed by atoms with Crippen LogP contribution in [0.3, 0.4) is 0 Å². The Morgan fingerprint density at radius 3 is 2.44 bits per heavy atom. The molecule has 0 unspecified atom stereocenters. The molecule has 6 nitrogen and oxygen atoms in total. The molecule has 0 saturated carbocycles. The van der Waals surface area contributed by atoms with Crippen LogP contribution < -0.4 is 4.74 Å². The quantitative estimate of drug-likeness (QED) is 0.222. The maximum absolute atomic E-state index is 12.9. The Kier molecular flexibility index (Phi) is 8.33. The third-order valence-electron chi connectivity index (χ3n) is 4.38. The third-order valence-corrected chi connectivity index (χ3v) is 6.57. The number of hydrogen-bond donors (Lipinski definition) is 0. The summed E-state index contributed by atoms with van der Waals surface area (Å²) in [5.74, 6) is 0.153. The van der Waals surface area contributed by atoms with Gasteiger partial charge in [-0.1, -0.05) is 12.7 Å². The number of nitrogens with zero attached hydrogens (tertiary/aromatic N) is 2. The molecule has 0 aliphatic carbocycles. The molecule has 1 saturated heterocycles. The number of likely N-dealkylation sites (N-methyl/N-ethyl adjacent to an activating group) is 1. The van der Waals surface area contributed by atoms with Gasteiger partial charge in [-0.3, -0.25) is 9.69 Å². The van der Waals surface area contributed by atoms with Crippen LogP contribution in [0, 0.1) is 0 Å². The van der Waals surface area contributed by atoms with Gasteiger partial charge in [0.2, 0.25) is 0 Å². The van der Waals surface area contributed by atoms with E-state index in [2.05, 4.69) is 43.4 Å². The van der Waals surface area contributed by atoms with Crippen LogP contribution in [0.4, 0.5) is 5.69 Å². The molecular formula is C23H20Br2N2O4S. The second-order valence-corrected chi connectivity index (χ2v) is 9.22. The molecule has 0 radical (unpaired) electrons. The summed E-state index contributed by atoms with van der Waals surface area (Å²) in [4.78, 5) is 31.3. The summed E-state index contributed by atoms with van der Waals surface area (Å²) in [6.07, 6.45) is 3.50. The summed E-state index contributed by atoms with van der Waals surface area (Å²) in [5.41, 5.74) is 1.92. The van der Waals surface area contributed by atoms with Crippen molar-refractivity contribution < 1.29 is 19.1 Å². The molecular weight excluding hydrogens is 560 g/mol. The van der Waals surface area contributed by atoms with Crippen LogP contribution in [0.5, 0.6) is 5.75 Å². The molecule has 3 rings (SSSR count). The monoisotopic (exact) mass is 578 g/mol. The van der Waals surface area contributed by atoms with Crippen molar-refractivity contribution in [3.05, 3.63) is 74.0 Å². The molecule has 166 valence electrons. The number of carbonyl (C=O) groups excluding carboxylic acids is 2. The van der Waals surface area contributed by atoms with Crippen LogP contribution in [0.15, 0.2) is 67.9 Å². The van der Waals surface area contributed by atoms with Gasteiger partial charge in [-0.25, -0.2) is 9.79 Å². The summed E-state index contributed by atoms with van der Waals surface area (Å²) < 4.78 is 11.9. The molecule has 1 heterocycles. The lowest BCUT2D eigenvalue weighted by molar-refractivity contribution is -0.122. The van der Waals surface area contributed by atoms with Gasteiger partial charge in [0.15, 0.2) is 5.17 Å². The van der Waals surface area contributed by atoms with Crippen molar-refractivity contribution >= 4 is 72.4 Å². The first-order chi connectivity index (χ1) is 15.4. The number of benzene rings is 2. The second-order valence-electron chi connectivity index (χ2n) is 6.51. The molecule has 9 heteroatoms. The molecule has 1 fully saturated rings. The largest absolute Gasteiger partial charge is 0.487 e. The van der Waals surface area contributed by atoms with Crippen molar-refractivity contribution in [2.24, 2.45) is 4.99 Å². The summed E-state index contributed by atoms with van der Waals surface area (Å²) in [6.45, 7) is 6.43. The zero-order valence-corrected chi connectivity index (χ0v) is 21.4. The first-order valence-corrected chi connectivity index (χ1v) is 12.0. The third kappa shape index (κ3) is 5.51. The fraction of sp³-hybridized carbons (Fsp3) is 0.174. The van der Waals surface area contributed by atoms with Gasteiger partial charge in [-0.2, -0.15) is 0 Å². The molecule has 1 aliphatic heterocycles. The molecule has 1 amide bonds. The lowest BCUT2D eigenvalue weighted by atomic mass is 10.2. The number of hydrogen-bond acceptors (Lipinski definition) is 6. The van der Waals surface area contributed by atoms with E-state index in [-0.39, 0.29) is 5.91 Å². The van der Waals surface area contributed by atoms with Crippen LogP contribution in [0.1, 0.15) is 22.8 Å². The summed E-state index contributed by atoms with van der Waals surface area (Å²) in [7, 11) is 1.34. The minimum Gasteiger partial charge on any atom is -0.487 e. The van der Waals surface area contributed by atoms with Crippen molar-refractivity contribution in [3.63, 3.8) is 0 Å². The Balaban J connectivity index is 1.88. The highest BCUT2D eigenvalue weighted by atomic mass is 79.9. The van der Waals surface area contributed by atoms with Gasteiger partial charge < -0.3 is 9.47 Å². The van der Waals surface area contributed by atoms with Crippen molar-refractivity contribution in [2.45, 2.75) is 6.92 Å². The van der Waals surface area contributed by atoms with Crippen LogP contribution in [0.2, 0.25) is 0 Å². The highest BCUT2D eigenvalue weighted by molar-refractivity contribution is 9.11. The maximum atomic E-state index is 12.9. The van der Waals surface area contributed by atoms with Gasteiger partial charge in [0.25, 0.3) is 5.91 Å². The Morgan fingerprint density at radius 1 is 1.22 bits per heavy atom.